The number of hydrogen-bond donors (Lipinski definition) is 3. The summed E-state index contributed by atoms with van der Waals surface area (Å²) in [6.07, 6.45) is 6.01. The SMILES string of the molecule is CC1(C)NC=CC=C1Cc1c(O)ccc2cc(C(=O)O)c(=O)oc12. The first-order chi connectivity index (χ1) is 11.3. The average molecular weight is 327 g/mol. The van der Waals surface area contributed by atoms with E-state index in [-0.39, 0.29) is 16.9 Å². The molecular formula is C18H17NO5. The molecule has 3 rings (SSSR count). The molecule has 1 aliphatic rings. The smallest absolute Gasteiger partial charge is 0.351 e. The summed E-state index contributed by atoms with van der Waals surface area (Å²) in [5, 5.41) is 23.0. The van der Waals surface area contributed by atoms with Crippen LogP contribution < -0.4 is 10.9 Å². The molecule has 0 atom stereocenters. The van der Waals surface area contributed by atoms with E-state index in [2.05, 4.69) is 5.32 Å². The Morgan fingerprint density at radius 1 is 1.33 bits per heavy atom. The Morgan fingerprint density at radius 2 is 2.08 bits per heavy atom. The molecule has 0 saturated carbocycles. The lowest BCUT2D eigenvalue weighted by Crippen LogP contribution is -2.39. The molecule has 1 aromatic heterocycles. The van der Waals surface area contributed by atoms with Gasteiger partial charge in [0.05, 0.1) is 5.54 Å². The molecule has 6 nitrogen and oxygen atoms in total. The normalized spacial score (nSPS) is 15.8. The molecule has 0 unspecified atom stereocenters. The summed E-state index contributed by atoms with van der Waals surface area (Å²) in [7, 11) is 0. The van der Waals surface area contributed by atoms with Gasteiger partial charge in [0.25, 0.3) is 0 Å². The molecule has 0 saturated heterocycles. The molecule has 124 valence electrons. The molecule has 6 heteroatoms. The van der Waals surface area contributed by atoms with Crippen molar-refractivity contribution in [1.82, 2.24) is 5.32 Å². The maximum atomic E-state index is 11.9. The van der Waals surface area contributed by atoms with Crippen LogP contribution in [0.4, 0.5) is 0 Å². The predicted octanol–water partition coefficient (Wildman–Crippen LogP) is 2.56. The summed E-state index contributed by atoms with van der Waals surface area (Å²) in [5.74, 6) is -1.34. The lowest BCUT2D eigenvalue weighted by Gasteiger charge is -2.31. The van der Waals surface area contributed by atoms with E-state index < -0.39 is 17.2 Å². The number of aromatic carboxylic acids is 1. The van der Waals surface area contributed by atoms with E-state index in [0.29, 0.717) is 17.4 Å². The first-order valence-corrected chi connectivity index (χ1v) is 7.45. The summed E-state index contributed by atoms with van der Waals surface area (Å²) >= 11 is 0. The zero-order valence-electron chi connectivity index (χ0n) is 13.3. The molecule has 0 aliphatic carbocycles. The Morgan fingerprint density at radius 3 is 2.75 bits per heavy atom. The van der Waals surface area contributed by atoms with Gasteiger partial charge in [-0.1, -0.05) is 6.08 Å². The van der Waals surface area contributed by atoms with Gasteiger partial charge in [-0.15, -0.1) is 0 Å². The van der Waals surface area contributed by atoms with Crippen LogP contribution in [-0.2, 0) is 6.42 Å². The van der Waals surface area contributed by atoms with Crippen LogP contribution in [0.3, 0.4) is 0 Å². The number of carboxylic acid groups (broad SMARTS) is 1. The van der Waals surface area contributed by atoms with E-state index in [1.165, 1.54) is 18.2 Å². The van der Waals surface area contributed by atoms with Gasteiger partial charge in [-0.25, -0.2) is 9.59 Å². The molecule has 3 N–H and O–H groups in total. The molecule has 0 amide bonds. The number of carboxylic acids is 1. The third-order valence-corrected chi connectivity index (χ3v) is 4.22. The number of phenols is 1. The summed E-state index contributed by atoms with van der Waals surface area (Å²) in [6, 6.07) is 4.27. The highest BCUT2D eigenvalue weighted by Crippen LogP contribution is 2.32. The van der Waals surface area contributed by atoms with E-state index in [9.17, 15) is 14.7 Å². The van der Waals surface area contributed by atoms with Gasteiger partial charge in [0, 0.05) is 17.4 Å². The lowest BCUT2D eigenvalue weighted by atomic mass is 9.86. The third-order valence-electron chi connectivity index (χ3n) is 4.22. The fourth-order valence-corrected chi connectivity index (χ4v) is 2.74. The highest BCUT2D eigenvalue weighted by Gasteiger charge is 2.25. The number of fused-ring (bicyclic) bond motifs is 1. The Bertz CT molecular complexity index is 950. The Kier molecular flexibility index (Phi) is 3.67. The highest BCUT2D eigenvalue weighted by molar-refractivity contribution is 5.92. The number of phenolic OH excluding ortho intramolecular Hbond substituents is 1. The van der Waals surface area contributed by atoms with Crippen LogP contribution in [0.1, 0.15) is 29.8 Å². The molecule has 0 fully saturated rings. The van der Waals surface area contributed by atoms with Crippen LogP contribution in [0, 0.1) is 0 Å². The summed E-state index contributed by atoms with van der Waals surface area (Å²) in [6.45, 7) is 4.01. The van der Waals surface area contributed by atoms with Gasteiger partial charge in [0.1, 0.15) is 16.9 Å². The maximum Gasteiger partial charge on any atom is 0.351 e. The van der Waals surface area contributed by atoms with E-state index in [1.54, 1.807) is 0 Å². The summed E-state index contributed by atoms with van der Waals surface area (Å²) in [5.41, 5.74) is -0.0188. The quantitative estimate of drug-likeness (QED) is 0.749. The molecule has 2 aromatic rings. The van der Waals surface area contributed by atoms with Gasteiger partial charge < -0.3 is 19.9 Å². The van der Waals surface area contributed by atoms with Crippen LogP contribution in [-0.4, -0.2) is 21.7 Å². The Hall–Kier alpha value is -3.02. The van der Waals surface area contributed by atoms with E-state index in [4.69, 9.17) is 9.52 Å². The number of carbonyl (C=O) groups is 1. The van der Waals surface area contributed by atoms with Gasteiger partial charge in [-0.2, -0.15) is 0 Å². The van der Waals surface area contributed by atoms with Gasteiger partial charge in [0.15, 0.2) is 0 Å². The summed E-state index contributed by atoms with van der Waals surface area (Å²) in [4.78, 5) is 23.0. The second-order valence-corrected chi connectivity index (χ2v) is 6.23. The molecular weight excluding hydrogens is 310 g/mol. The maximum absolute atomic E-state index is 11.9. The second kappa shape index (κ2) is 5.56. The molecule has 1 aliphatic heterocycles. The van der Waals surface area contributed by atoms with Gasteiger partial charge in [0.2, 0.25) is 0 Å². The van der Waals surface area contributed by atoms with Crippen LogP contribution >= 0.6 is 0 Å². The van der Waals surface area contributed by atoms with Crippen molar-refractivity contribution < 1.29 is 19.4 Å². The van der Waals surface area contributed by atoms with Gasteiger partial charge in [-0.05, 0) is 49.9 Å². The van der Waals surface area contributed by atoms with E-state index >= 15 is 0 Å². The number of dihydropyridines is 1. The number of hydrogen-bond acceptors (Lipinski definition) is 5. The minimum absolute atomic E-state index is 0.0000203. The Balaban J connectivity index is 2.17. The zero-order chi connectivity index (χ0) is 17.5. The third kappa shape index (κ3) is 2.67. The largest absolute Gasteiger partial charge is 0.508 e. The second-order valence-electron chi connectivity index (χ2n) is 6.23. The first-order valence-electron chi connectivity index (χ1n) is 7.45. The molecule has 1 aromatic carbocycles. The molecule has 2 heterocycles. The van der Waals surface area contributed by atoms with Crippen molar-refractivity contribution in [2.75, 3.05) is 0 Å². The average Bonchev–Trinajstić information content (AvgIpc) is 2.51. The van der Waals surface area contributed by atoms with Crippen molar-refractivity contribution in [3.63, 3.8) is 0 Å². The Labute approximate surface area is 137 Å². The number of benzene rings is 1. The topological polar surface area (TPSA) is 99.8 Å². The van der Waals surface area contributed by atoms with E-state index in [0.717, 1.165) is 5.57 Å². The predicted molar refractivity (Wildman–Crippen MR) is 89.2 cm³/mol. The number of allylic oxidation sites excluding steroid dienone is 2. The van der Waals surface area contributed by atoms with E-state index in [1.807, 2.05) is 32.2 Å². The van der Waals surface area contributed by atoms with Crippen LogP contribution in [0.2, 0.25) is 0 Å². The summed E-state index contributed by atoms with van der Waals surface area (Å²) < 4.78 is 5.21. The monoisotopic (exact) mass is 327 g/mol. The molecule has 0 radical (unpaired) electrons. The number of nitrogens with one attached hydrogen (secondary N) is 1. The van der Waals surface area contributed by atoms with Crippen molar-refractivity contribution in [2.24, 2.45) is 0 Å². The van der Waals surface area contributed by atoms with Crippen LogP contribution in [0.15, 0.2) is 51.3 Å². The van der Waals surface area contributed by atoms with Crippen molar-refractivity contribution >= 4 is 16.9 Å². The van der Waals surface area contributed by atoms with Crippen molar-refractivity contribution in [3.8, 4) is 5.75 Å². The molecule has 24 heavy (non-hydrogen) atoms. The van der Waals surface area contributed by atoms with Crippen LogP contribution in [0.5, 0.6) is 5.75 Å². The fourth-order valence-electron chi connectivity index (χ4n) is 2.74. The van der Waals surface area contributed by atoms with Crippen molar-refractivity contribution in [2.45, 2.75) is 25.8 Å². The fraction of sp³-hybridized carbons (Fsp3) is 0.222. The molecule has 0 bridgehead atoms. The number of rotatable bonds is 3. The first kappa shape index (κ1) is 15.9. The number of aromatic hydroxyl groups is 1. The van der Waals surface area contributed by atoms with Crippen LogP contribution in [0.25, 0.3) is 11.0 Å². The standard InChI is InChI=1S/C18H17NO5/c1-18(2)11(4-3-7-19-18)9-12-14(20)6-5-10-8-13(16(21)22)17(23)24-15(10)12/h3-8,19-20H,9H2,1-2H3,(H,21,22). The van der Waals surface area contributed by atoms with Gasteiger partial charge in [-0.3, -0.25) is 0 Å². The van der Waals surface area contributed by atoms with Crippen molar-refractivity contribution in [3.05, 3.63) is 63.7 Å². The van der Waals surface area contributed by atoms with Crippen molar-refractivity contribution in [1.29, 1.82) is 0 Å². The zero-order valence-corrected chi connectivity index (χ0v) is 13.3. The van der Waals surface area contributed by atoms with Gasteiger partial charge >= 0.3 is 11.6 Å². The lowest BCUT2D eigenvalue weighted by molar-refractivity contribution is 0.0692. The molecule has 0 spiro atoms. The highest BCUT2D eigenvalue weighted by atomic mass is 16.4. The minimum atomic E-state index is -1.34. The minimum Gasteiger partial charge on any atom is -0.508 e.